The summed E-state index contributed by atoms with van der Waals surface area (Å²) in [6, 6.07) is 11.9. The van der Waals surface area contributed by atoms with Crippen molar-refractivity contribution >= 4 is 27.5 Å². The minimum Gasteiger partial charge on any atom is -0.457 e. The van der Waals surface area contributed by atoms with Gasteiger partial charge in [-0.2, -0.15) is 0 Å². The average Bonchev–Trinajstić information content (AvgIpc) is 3.33. The third-order valence-electron chi connectivity index (χ3n) is 5.27. The van der Waals surface area contributed by atoms with Crippen molar-refractivity contribution in [2.24, 2.45) is 11.8 Å². The van der Waals surface area contributed by atoms with Gasteiger partial charge in [0.15, 0.2) is 10.8 Å². The molecule has 6 heteroatoms. The highest BCUT2D eigenvalue weighted by molar-refractivity contribution is 7.21. The summed E-state index contributed by atoms with van der Waals surface area (Å²) in [6.07, 6.45) is 2.99. The number of hydrogen-bond donors (Lipinski definition) is 2. The molecule has 1 aliphatic rings. The first kappa shape index (κ1) is 18.2. The second-order valence-corrected chi connectivity index (χ2v) is 8.35. The summed E-state index contributed by atoms with van der Waals surface area (Å²) in [4.78, 5) is 16.9. The number of nitrogens with one attached hydrogen (secondary N) is 2. The number of carbonyl (C=O) groups is 1. The predicted octanol–water partition coefficient (Wildman–Crippen LogP) is 4.20. The maximum Gasteiger partial charge on any atom is 0.220 e. The standard InChI is InChI=1S/C21H25N3O2S/c1-14(15-5-4-10-22-12-15)11-20(25)23-13-16-8-9-18(26-16)21-24-17-6-2-3-7-19(17)27-21/h2-3,6-9,14-15,22H,4-5,10-13H2,1H3,(H,23,25). The topological polar surface area (TPSA) is 67.2 Å². The minimum atomic E-state index is 0.0889. The third-order valence-corrected chi connectivity index (χ3v) is 6.32. The molecule has 2 atom stereocenters. The van der Waals surface area contributed by atoms with Gasteiger partial charge in [-0.05, 0) is 62.0 Å². The number of benzene rings is 1. The largest absolute Gasteiger partial charge is 0.457 e. The lowest BCUT2D eigenvalue weighted by Gasteiger charge is -2.27. The number of para-hydroxylation sites is 1. The van der Waals surface area contributed by atoms with Crippen LogP contribution in [0.15, 0.2) is 40.8 Å². The third kappa shape index (κ3) is 4.39. The molecule has 1 amide bonds. The highest BCUT2D eigenvalue weighted by atomic mass is 32.1. The second-order valence-electron chi connectivity index (χ2n) is 7.32. The van der Waals surface area contributed by atoms with E-state index in [0.29, 0.717) is 24.8 Å². The number of fused-ring (bicyclic) bond motifs is 1. The molecule has 2 N–H and O–H groups in total. The van der Waals surface area contributed by atoms with Crippen LogP contribution in [-0.2, 0) is 11.3 Å². The van der Waals surface area contributed by atoms with Crippen LogP contribution in [0.3, 0.4) is 0 Å². The van der Waals surface area contributed by atoms with Gasteiger partial charge in [0.2, 0.25) is 5.91 Å². The molecule has 0 aliphatic carbocycles. The molecule has 1 fully saturated rings. The van der Waals surface area contributed by atoms with Gasteiger partial charge < -0.3 is 15.1 Å². The molecule has 3 aromatic rings. The van der Waals surface area contributed by atoms with Gasteiger partial charge in [0.25, 0.3) is 0 Å². The Kier molecular flexibility index (Phi) is 5.55. The normalized spacial score (nSPS) is 18.5. The monoisotopic (exact) mass is 383 g/mol. The molecular weight excluding hydrogens is 358 g/mol. The molecule has 5 nitrogen and oxygen atoms in total. The zero-order valence-electron chi connectivity index (χ0n) is 15.5. The van der Waals surface area contributed by atoms with Gasteiger partial charge in [-0.25, -0.2) is 4.98 Å². The van der Waals surface area contributed by atoms with E-state index in [4.69, 9.17) is 4.42 Å². The fourth-order valence-corrected chi connectivity index (χ4v) is 4.57. The van der Waals surface area contributed by atoms with Crippen LogP contribution in [0.1, 0.15) is 31.9 Å². The van der Waals surface area contributed by atoms with Gasteiger partial charge >= 0.3 is 0 Å². The summed E-state index contributed by atoms with van der Waals surface area (Å²) < 4.78 is 7.04. The Bertz CT molecular complexity index is 878. The summed E-state index contributed by atoms with van der Waals surface area (Å²) >= 11 is 1.61. The van der Waals surface area contributed by atoms with Crippen molar-refractivity contribution in [2.45, 2.75) is 32.7 Å². The Morgan fingerprint density at radius 1 is 1.37 bits per heavy atom. The lowest BCUT2D eigenvalue weighted by molar-refractivity contribution is -0.122. The fourth-order valence-electron chi connectivity index (χ4n) is 3.65. The molecule has 4 rings (SSSR count). The number of hydrogen-bond acceptors (Lipinski definition) is 5. The molecule has 3 heterocycles. The van der Waals surface area contributed by atoms with Crippen molar-refractivity contribution in [3.63, 3.8) is 0 Å². The highest BCUT2D eigenvalue weighted by Gasteiger charge is 2.22. The SMILES string of the molecule is CC(CC(=O)NCc1ccc(-c2nc3ccccc3s2)o1)C1CCCNC1. The zero-order valence-corrected chi connectivity index (χ0v) is 16.3. The predicted molar refractivity (Wildman–Crippen MR) is 109 cm³/mol. The van der Waals surface area contributed by atoms with Crippen LogP contribution in [0, 0.1) is 11.8 Å². The van der Waals surface area contributed by atoms with E-state index in [1.807, 2.05) is 30.3 Å². The van der Waals surface area contributed by atoms with Crippen LogP contribution in [0.5, 0.6) is 0 Å². The van der Waals surface area contributed by atoms with Gasteiger partial charge in [0.05, 0.1) is 16.8 Å². The molecule has 0 bridgehead atoms. The molecule has 142 valence electrons. The Balaban J connectivity index is 1.32. The first-order chi connectivity index (χ1) is 13.2. The summed E-state index contributed by atoms with van der Waals surface area (Å²) in [7, 11) is 0. The van der Waals surface area contributed by atoms with E-state index in [9.17, 15) is 4.79 Å². The molecule has 2 unspecified atom stereocenters. The van der Waals surface area contributed by atoms with E-state index >= 15 is 0 Å². The van der Waals surface area contributed by atoms with Gasteiger partial charge in [0, 0.05) is 6.42 Å². The molecule has 0 saturated carbocycles. The van der Waals surface area contributed by atoms with Crippen molar-refractivity contribution in [3.8, 4) is 10.8 Å². The van der Waals surface area contributed by atoms with Crippen LogP contribution in [0.2, 0.25) is 0 Å². The molecular formula is C21H25N3O2S. The number of thiazole rings is 1. The van der Waals surface area contributed by atoms with E-state index in [1.54, 1.807) is 11.3 Å². The van der Waals surface area contributed by atoms with Crippen molar-refractivity contribution < 1.29 is 9.21 Å². The van der Waals surface area contributed by atoms with Crippen LogP contribution in [0.25, 0.3) is 21.0 Å². The number of nitrogens with zero attached hydrogens (tertiary/aromatic N) is 1. The number of piperidine rings is 1. The maximum absolute atomic E-state index is 12.3. The van der Waals surface area contributed by atoms with Crippen molar-refractivity contribution in [2.75, 3.05) is 13.1 Å². The van der Waals surface area contributed by atoms with Crippen molar-refractivity contribution in [3.05, 3.63) is 42.2 Å². The number of aromatic nitrogens is 1. The van der Waals surface area contributed by atoms with Crippen LogP contribution in [-0.4, -0.2) is 24.0 Å². The van der Waals surface area contributed by atoms with E-state index in [2.05, 4.69) is 28.6 Å². The van der Waals surface area contributed by atoms with E-state index < -0.39 is 0 Å². The lowest BCUT2D eigenvalue weighted by atomic mass is 9.85. The number of amides is 1. The lowest BCUT2D eigenvalue weighted by Crippen LogP contribution is -2.35. The molecule has 2 aromatic heterocycles. The summed E-state index contributed by atoms with van der Waals surface area (Å²) in [5, 5.41) is 7.28. The van der Waals surface area contributed by atoms with Gasteiger partial charge in [-0.15, -0.1) is 11.3 Å². The fraction of sp³-hybridized carbons (Fsp3) is 0.429. The summed E-state index contributed by atoms with van der Waals surface area (Å²) in [5.74, 6) is 2.59. The quantitative estimate of drug-likeness (QED) is 0.669. The Morgan fingerprint density at radius 2 is 2.26 bits per heavy atom. The maximum atomic E-state index is 12.3. The van der Waals surface area contributed by atoms with E-state index in [-0.39, 0.29) is 5.91 Å². The number of furan rings is 1. The minimum absolute atomic E-state index is 0.0889. The number of rotatable bonds is 6. The Morgan fingerprint density at radius 3 is 3.07 bits per heavy atom. The first-order valence-corrected chi connectivity index (χ1v) is 10.4. The summed E-state index contributed by atoms with van der Waals surface area (Å²) in [5.41, 5.74) is 0.981. The Labute approximate surface area is 163 Å². The van der Waals surface area contributed by atoms with Gasteiger partial charge in [-0.1, -0.05) is 19.1 Å². The van der Waals surface area contributed by atoms with Crippen molar-refractivity contribution in [1.82, 2.24) is 15.6 Å². The summed E-state index contributed by atoms with van der Waals surface area (Å²) in [6.45, 7) is 4.72. The first-order valence-electron chi connectivity index (χ1n) is 9.61. The molecule has 27 heavy (non-hydrogen) atoms. The van der Waals surface area contributed by atoms with Gasteiger partial charge in [0.1, 0.15) is 5.76 Å². The molecule has 1 aromatic carbocycles. The molecule has 1 saturated heterocycles. The number of carbonyl (C=O) groups excluding carboxylic acids is 1. The smallest absolute Gasteiger partial charge is 0.220 e. The van der Waals surface area contributed by atoms with E-state index in [0.717, 1.165) is 39.8 Å². The highest BCUT2D eigenvalue weighted by Crippen LogP contribution is 2.31. The van der Waals surface area contributed by atoms with Crippen LogP contribution < -0.4 is 10.6 Å². The molecule has 1 aliphatic heterocycles. The van der Waals surface area contributed by atoms with Crippen LogP contribution >= 0.6 is 11.3 Å². The molecule has 0 radical (unpaired) electrons. The molecule has 0 spiro atoms. The zero-order chi connectivity index (χ0) is 18.6. The average molecular weight is 384 g/mol. The second kappa shape index (κ2) is 8.23. The van der Waals surface area contributed by atoms with Gasteiger partial charge in [-0.3, -0.25) is 4.79 Å². The van der Waals surface area contributed by atoms with Crippen LogP contribution in [0.4, 0.5) is 0 Å². The van der Waals surface area contributed by atoms with E-state index in [1.165, 1.54) is 12.8 Å². The Hall–Kier alpha value is -2.18. The van der Waals surface area contributed by atoms with Crippen molar-refractivity contribution in [1.29, 1.82) is 0 Å².